The van der Waals surface area contributed by atoms with Crippen LogP contribution < -0.4 is 5.01 Å². The molecule has 3 aromatic rings. The van der Waals surface area contributed by atoms with Crippen molar-refractivity contribution in [3.8, 4) is 0 Å². The predicted molar refractivity (Wildman–Crippen MR) is 110 cm³/mol. The van der Waals surface area contributed by atoms with Crippen molar-refractivity contribution in [2.45, 2.75) is 26.3 Å². The minimum Gasteiger partial charge on any atom is -0.258 e. The highest BCUT2D eigenvalue weighted by molar-refractivity contribution is 7.15. The molecule has 1 aliphatic heterocycles. The summed E-state index contributed by atoms with van der Waals surface area (Å²) in [7, 11) is 0. The summed E-state index contributed by atoms with van der Waals surface area (Å²) in [5, 5.41) is 28.3. The molecule has 0 N–H and O–H groups in total. The van der Waals surface area contributed by atoms with Gasteiger partial charge in [0.1, 0.15) is 5.01 Å². The molecule has 4 rings (SSSR count). The summed E-state index contributed by atoms with van der Waals surface area (Å²) in [6.45, 7) is 3.98. The van der Waals surface area contributed by atoms with Gasteiger partial charge in [-0.25, -0.2) is 5.01 Å². The summed E-state index contributed by atoms with van der Waals surface area (Å²) in [5.41, 5.74) is 3.53. The van der Waals surface area contributed by atoms with Crippen molar-refractivity contribution in [2.24, 2.45) is 5.10 Å². The number of rotatable bonds is 3. The lowest BCUT2D eigenvalue weighted by Crippen LogP contribution is -2.29. The van der Waals surface area contributed by atoms with Gasteiger partial charge in [-0.2, -0.15) is 5.10 Å². The number of benzene rings is 2. The second-order valence-corrected chi connectivity index (χ2v) is 8.15. The molecule has 0 saturated carbocycles. The van der Waals surface area contributed by atoms with Gasteiger partial charge in [0, 0.05) is 28.3 Å². The molecule has 1 aromatic heterocycles. The van der Waals surface area contributed by atoms with E-state index in [0.29, 0.717) is 15.9 Å². The number of nitro groups is 1. The fourth-order valence-corrected chi connectivity index (χ4v) is 4.09. The van der Waals surface area contributed by atoms with Crippen LogP contribution in [0.25, 0.3) is 0 Å². The molecule has 0 amide bonds. The first-order valence-corrected chi connectivity index (χ1v) is 9.83. The maximum absolute atomic E-state index is 11.0. The highest BCUT2D eigenvalue weighted by atomic mass is 35.5. The van der Waals surface area contributed by atoms with Crippen LogP contribution in [0.2, 0.25) is 5.02 Å². The number of nitrogens with zero attached hydrogens (tertiary/aromatic N) is 5. The van der Waals surface area contributed by atoms with Crippen LogP contribution in [0.5, 0.6) is 0 Å². The molecule has 1 aliphatic rings. The van der Waals surface area contributed by atoms with Crippen LogP contribution in [-0.4, -0.2) is 26.9 Å². The summed E-state index contributed by atoms with van der Waals surface area (Å²) in [4.78, 5) is 10.6. The zero-order valence-corrected chi connectivity index (χ0v) is 16.7. The van der Waals surface area contributed by atoms with Crippen LogP contribution in [-0.2, 0) is 6.42 Å². The Morgan fingerprint density at radius 1 is 1.21 bits per heavy atom. The maximum atomic E-state index is 11.0. The quantitative estimate of drug-likeness (QED) is 0.462. The molecule has 0 spiro atoms. The third-order valence-corrected chi connectivity index (χ3v) is 5.59. The first kappa shape index (κ1) is 18.5. The van der Waals surface area contributed by atoms with Gasteiger partial charge in [-0.3, -0.25) is 10.1 Å². The Morgan fingerprint density at radius 2 is 1.96 bits per heavy atom. The smallest absolute Gasteiger partial charge is 0.258 e. The van der Waals surface area contributed by atoms with Crippen molar-refractivity contribution in [1.82, 2.24) is 10.2 Å². The number of anilines is 1. The Hall–Kier alpha value is -2.84. The predicted octanol–water partition coefficient (Wildman–Crippen LogP) is 4.61. The minimum absolute atomic E-state index is 0.0364. The monoisotopic (exact) mass is 413 g/mol. The van der Waals surface area contributed by atoms with Crippen molar-refractivity contribution < 1.29 is 4.92 Å². The molecule has 0 radical (unpaired) electrons. The number of aryl methyl sites for hydroxylation is 1. The molecule has 0 bridgehead atoms. The van der Waals surface area contributed by atoms with E-state index in [0.717, 1.165) is 28.1 Å². The number of nitro benzene ring substituents is 1. The summed E-state index contributed by atoms with van der Waals surface area (Å²) in [6, 6.07) is 12.2. The van der Waals surface area contributed by atoms with Crippen molar-refractivity contribution >= 4 is 39.5 Å². The number of hydrogen-bond donors (Lipinski definition) is 0. The molecule has 9 heteroatoms. The van der Waals surface area contributed by atoms with E-state index in [1.54, 1.807) is 12.1 Å². The SMILES string of the molecule is Cc1nnc(N2N=C(c3ccc([N+](=O)[O-])cc3)c3cc(Cl)ccc3CC2C)s1. The standard InChI is InChI=1S/C19H16ClN5O2S/c1-11-9-14-3-6-15(20)10-17(14)18(13-4-7-16(8-5-13)25(26)27)23-24(11)19-22-21-12(2)28-19/h3-8,10-11H,9H2,1-2H3. The van der Waals surface area contributed by atoms with Crippen molar-refractivity contribution in [3.05, 3.63) is 79.3 Å². The molecular formula is C19H16ClN5O2S. The fraction of sp³-hybridized carbons (Fsp3) is 0.211. The van der Waals surface area contributed by atoms with Crippen LogP contribution in [0.15, 0.2) is 47.6 Å². The zero-order valence-electron chi connectivity index (χ0n) is 15.2. The molecule has 1 atom stereocenters. The number of aromatic nitrogens is 2. The lowest BCUT2D eigenvalue weighted by molar-refractivity contribution is -0.384. The Morgan fingerprint density at radius 3 is 2.61 bits per heavy atom. The van der Waals surface area contributed by atoms with E-state index in [4.69, 9.17) is 16.7 Å². The Bertz CT molecular complexity index is 1080. The number of hydrogen-bond acceptors (Lipinski definition) is 7. The van der Waals surface area contributed by atoms with Gasteiger partial charge in [0.05, 0.1) is 16.7 Å². The Balaban J connectivity index is 1.89. The molecule has 0 fully saturated rings. The van der Waals surface area contributed by atoms with E-state index < -0.39 is 4.92 Å². The van der Waals surface area contributed by atoms with E-state index in [1.807, 2.05) is 30.1 Å². The lowest BCUT2D eigenvalue weighted by Gasteiger charge is -2.21. The first-order valence-electron chi connectivity index (χ1n) is 8.64. The summed E-state index contributed by atoms with van der Waals surface area (Å²) in [6.07, 6.45) is 0.755. The van der Waals surface area contributed by atoms with Gasteiger partial charge < -0.3 is 0 Å². The zero-order chi connectivity index (χ0) is 19.8. The van der Waals surface area contributed by atoms with Crippen LogP contribution in [0, 0.1) is 17.0 Å². The van der Waals surface area contributed by atoms with Crippen LogP contribution >= 0.6 is 22.9 Å². The fourth-order valence-electron chi connectivity index (χ4n) is 3.18. The molecule has 2 heterocycles. The molecule has 2 aromatic carbocycles. The van der Waals surface area contributed by atoms with Crippen LogP contribution in [0.4, 0.5) is 10.8 Å². The molecule has 0 saturated heterocycles. The van der Waals surface area contributed by atoms with Gasteiger partial charge in [-0.15, -0.1) is 10.2 Å². The van der Waals surface area contributed by atoms with Crippen molar-refractivity contribution in [2.75, 3.05) is 5.01 Å². The Kier molecular flexibility index (Phi) is 4.82. The minimum atomic E-state index is -0.415. The normalized spacial score (nSPS) is 16.3. The second kappa shape index (κ2) is 7.29. The Labute approximate surface area is 170 Å². The summed E-state index contributed by atoms with van der Waals surface area (Å²) < 4.78 is 0. The van der Waals surface area contributed by atoms with Crippen molar-refractivity contribution in [3.63, 3.8) is 0 Å². The van der Waals surface area contributed by atoms with Gasteiger partial charge in [-0.1, -0.05) is 29.0 Å². The number of fused-ring (bicyclic) bond motifs is 1. The van der Waals surface area contributed by atoms with Crippen LogP contribution in [0.3, 0.4) is 0 Å². The number of halogens is 1. The average molecular weight is 414 g/mol. The summed E-state index contributed by atoms with van der Waals surface area (Å²) >= 11 is 7.74. The van der Waals surface area contributed by atoms with Crippen LogP contribution in [0.1, 0.15) is 28.6 Å². The molecule has 0 aliphatic carbocycles. The van der Waals surface area contributed by atoms with Crippen molar-refractivity contribution in [1.29, 1.82) is 0 Å². The third-order valence-electron chi connectivity index (χ3n) is 4.53. The largest absolute Gasteiger partial charge is 0.269 e. The molecule has 28 heavy (non-hydrogen) atoms. The number of non-ortho nitro benzene ring substituents is 1. The van der Waals surface area contributed by atoms with E-state index in [-0.39, 0.29) is 11.7 Å². The third kappa shape index (κ3) is 3.48. The van der Waals surface area contributed by atoms with Gasteiger partial charge in [-0.05, 0) is 50.1 Å². The van der Waals surface area contributed by atoms with Gasteiger partial charge in [0.15, 0.2) is 0 Å². The highest BCUT2D eigenvalue weighted by Crippen LogP contribution is 2.31. The maximum Gasteiger partial charge on any atom is 0.269 e. The van der Waals surface area contributed by atoms with E-state index in [2.05, 4.69) is 17.1 Å². The second-order valence-electron chi connectivity index (χ2n) is 6.56. The molecule has 1 unspecified atom stereocenters. The summed E-state index contributed by atoms with van der Waals surface area (Å²) in [5.74, 6) is 0. The van der Waals surface area contributed by atoms with Gasteiger partial charge in [0.25, 0.3) is 5.69 Å². The molecule has 7 nitrogen and oxygen atoms in total. The topological polar surface area (TPSA) is 84.5 Å². The van der Waals surface area contributed by atoms with Gasteiger partial charge >= 0.3 is 0 Å². The average Bonchev–Trinajstić information content (AvgIpc) is 3.04. The van der Waals surface area contributed by atoms with E-state index in [9.17, 15) is 10.1 Å². The number of hydrazone groups is 1. The molecular weight excluding hydrogens is 398 g/mol. The molecule has 142 valence electrons. The van der Waals surface area contributed by atoms with E-state index >= 15 is 0 Å². The first-order chi connectivity index (χ1) is 13.4. The van der Waals surface area contributed by atoms with Gasteiger partial charge in [0.2, 0.25) is 5.13 Å². The highest BCUT2D eigenvalue weighted by Gasteiger charge is 2.26. The lowest BCUT2D eigenvalue weighted by atomic mass is 9.95. The van der Waals surface area contributed by atoms with E-state index in [1.165, 1.54) is 23.5 Å².